The molecule has 0 aliphatic carbocycles. The van der Waals surface area contributed by atoms with Crippen LogP contribution in [0.1, 0.15) is 30.9 Å². The van der Waals surface area contributed by atoms with E-state index in [1.54, 1.807) is 7.11 Å². The Kier molecular flexibility index (Phi) is 5.92. The van der Waals surface area contributed by atoms with Gasteiger partial charge in [0.1, 0.15) is 11.5 Å². The molecule has 2 aromatic carbocycles. The van der Waals surface area contributed by atoms with Gasteiger partial charge < -0.3 is 9.47 Å². The Morgan fingerprint density at radius 1 is 1.09 bits per heavy atom. The van der Waals surface area contributed by atoms with E-state index in [-0.39, 0.29) is 0 Å². The number of methoxy groups -OCH3 is 1. The van der Waals surface area contributed by atoms with Crippen molar-refractivity contribution in [1.82, 2.24) is 0 Å². The first kappa shape index (κ1) is 17.3. The molecule has 3 nitrogen and oxygen atoms in total. The van der Waals surface area contributed by atoms with Crippen LogP contribution in [0, 0.1) is 18.5 Å². The predicted molar refractivity (Wildman–Crippen MR) is 104 cm³/mol. The van der Waals surface area contributed by atoms with Crippen molar-refractivity contribution >= 4 is 45.2 Å². The molecule has 0 radical (unpaired) electrons. The maximum Gasteiger partial charge on any atom is 0.154 e. The summed E-state index contributed by atoms with van der Waals surface area (Å²) in [7, 11) is 1.67. The van der Waals surface area contributed by atoms with Crippen molar-refractivity contribution in [3.63, 3.8) is 0 Å². The normalized spacial score (nSPS) is 10.4. The van der Waals surface area contributed by atoms with E-state index in [0.717, 1.165) is 30.0 Å². The SMILES string of the molecule is COc1ccc(Oc2c(I)cc(C#N)cc2I)cc1C(C)C. The largest absolute Gasteiger partial charge is 0.496 e. The van der Waals surface area contributed by atoms with Gasteiger partial charge in [0.05, 0.1) is 25.9 Å². The molecule has 0 atom stereocenters. The molecule has 0 heterocycles. The molecule has 0 saturated heterocycles. The van der Waals surface area contributed by atoms with Crippen LogP contribution >= 0.6 is 45.2 Å². The number of hydrogen-bond acceptors (Lipinski definition) is 3. The van der Waals surface area contributed by atoms with Gasteiger partial charge in [0.25, 0.3) is 0 Å². The lowest BCUT2D eigenvalue weighted by Gasteiger charge is -2.15. The molecule has 22 heavy (non-hydrogen) atoms. The van der Waals surface area contributed by atoms with Gasteiger partial charge in [-0.25, -0.2) is 0 Å². The van der Waals surface area contributed by atoms with Crippen LogP contribution in [-0.2, 0) is 0 Å². The van der Waals surface area contributed by atoms with E-state index in [1.165, 1.54) is 0 Å². The van der Waals surface area contributed by atoms with Gasteiger partial charge in [-0.15, -0.1) is 0 Å². The second-order valence-corrected chi connectivity index (χ2v) is 7.37. The third kappa shape index (κ3) is 3.84. The molecule has 0 aliphatic rings. The second-order valence-electron chi connectivity index (χ2n) is 5.04. The summed E-state index contributed by atoms with van der Waals surface area (Å²) in [6, 6.07) is 11.6. The molecule has 0 unspecified atom stereocenters. The van der Waals surface area contributed by atoms with Crippen molar-refractivity contribution in [1.29, 1.82) is 5.26 Å². The Bertz CT molecular complexity index is 713. The lowest BCUT2D eigenvalue weighted by Crippen LogP contribution is -1.97. The first-order valence-electron chi connectivity index (χ1n) is 6.71. The van der Waals surface area contributed by atoms with Gasteiger partial charge >= 0.3 is 0 Å². The Morgan fingerprint density at radius 3 is 2.23 bits per heavy atom. The van der Waals surface area contributed by atoms with Crippen LogP contribution in [0.2, 0.25) is 0 Å². The molecule has 0 bridgehead atoms. The van der Waals surface area contributed by atoms with E-state index >= 15 is 0 Å². The highest BCUT2D eigenvalue weighted by Gasteiger charge is 2.13. The first-order valence-corrected chi connectivity index (χ1v) is 8.87. The molecule has 0 amide bonds. The van der Waals surface area contributed by atoms with Crippen molar-refractivity contribution in [3.8, 4) is 23.3 Å². The van der Waals surface area contributed by atoms with E-state index in [4.69, 9.17) is 14.7 Å². The summed E-state index contributed by atoms with van der Waals surface area (Å²) >= 11 is 4.38. The van der Waals surface area contributed by atoms with E-state index in [2.05, 4.69) is 65.1 Å². The lowest BCUT2D eigenvalue weighted by molar-refractivity contribution is 0.405. The summed E-state index contributed by atoms with van der Waals surface area (Å²) in [4.78, 5) is 0. The van der Waals surface area contributed by atoms with Crippen LogP contribution in [0.15, 0.2) is 30.3 Å². The summed E-state index contributed by atoms with van der Waals surface area (Å²) < 4.78 is 13.3. The van der Waals surface area contributed by atoms with Gasteiger partial charge in [0.15, 0.2) is 5.75 Å². The Hall–Kier alpha value is -1.01. The molecule has 2 rings (SSSR count). The van der Waals surface area contributed by atoms with Crippen molar-refractivity contribution in [2.24, 2.45) is 0 Å². The van der Waals surface area contributed by atoms with Gasteiger partial charge in [-0.3, -0.25) is 0 Å². The van der Waals surface area contributed by atoms with Crippen LogP contribution < -0.4 is 9.47 Å². The second kappa shape index (κ2) is 7.51. The highest BCUT2D eigenvalue weighted by molar-refractivity contribution is 14.1. The van der Waals surface area contributed by atoms with Crippen molar-refractivity contribution < 1.29 is 9.47 Å². The first-order chi connectivity index (χ1) is 10.5. The maximum absolute atomic E-state index is 9.01. The van der Waals surface area contributed by atoms with E-state index in [0.29, 0.717) is 11.5 Å². The van der Waals surface area contributed by atoms with Gasteiger partial charge in [-0.05, 0) is 81.4 Å². The van der Waals surface area contributed by atoms with Gasteiger partial charge in [0, 0.05) is 5.56 Å². The highest BCUT2D eigenvalue weighted by atomic mass is 127. The molecular formula is C17H15I2NO2. The molecule has 114 valence electrons. The van der Waals surface area contributed by atoms with Crippen LogP contribution in [-0.4, -0.2) is 7.11 Å². The monoisotopic (exact) mass is 519 g/mol. The molecular weight excluding hydrogens is 504 g/mol. The predicted octanol–water partition coefficient (Wildman–Crippen LogP) is 5.69. The minimum Gasteiger partial charge on any atom is -0.496 e. The van der Waals surface area contributed by atoms with Crippen LogP contribution in [0.5, 0.6) is 17.2 Å². The Labute approximate surface area is 157 Å². The summed E-state index contributed by atoms with van der Waals surface area (Å²) in [5.74, 6) is 2.76. The summed E-state index contributed by atoms with van der Waals surface area (Å²) in [6.45, 7) is 4.24. The topological polar surface area (TPSA) is 42.2 Å². The number of halogens is 2. The summed E-state index contributed by atoms with van der Waals surface area (Å²) in [5, 5.41) is 9.01. The lowest BCUT2D eigenvalue weighted by atomic mass is 10.0. The smallest absolute Gasteiger partial charge is 0.154 e. The maximum atomic E-state index is 9.01. The zero-order valence-electron chi connectivity index (χ0n) is 12.5. The Morgan fingerprint density at radius 2 is 1.73 bits per heavy atom. The zero-order valence-corrected chi connectivity index (χ0v) is 16.8. The fourth-order valence-corrected chi connectivity index (χ4v) is 4.06. The fourth-order valence-electron chi connectivity index (χ4n) is 2.07. The average molecular weight is 519 g/mol. The summed E-state index contributed by atoms with van der Waals surface area (Å²) in [5.41, 5.74) is 1.75. The number of nitrogens with zero attached hydrogens (tertiary/aromatic N) is 1. The molecule has 2 aromatic rings. The standard InChI is InChI=1S/C17H15I2NO2/c1-10(2)13-8-12(4-5-16(13)21-3)22-17-14(18)6-11(9-20)7-15(17)19/h4-8,10H,1-3H3. The number of nitriles is 1. The summed E-state index contributed by atoms with van der Waals surface area (Å²) in [6.07, 6.45) is 0. The van der Waals surface area contributed by atoms with Gasteiger partial charge in [0.2, 0.25) is 0 Å². The van der Waals surface area contributed by atoms with Crippen LogP contribution in [0.25, 0.3) is 0 Å². The molecule has 0 fully saturated rings. The van der Waals surface area contributed by atoms with E-state index in [1.807, 2.05) is 30.3 Å². The van der Waals surface area contributed by atoms with Crippen molar-refractivity contribution in [3.05, 3.63) is 48.6 Å². The fraction of sp³-hybridized carbons (Fsp3) is 0.235. The van der Waals surface area contributed by atoms with Gasteiger partial charge in [-0.2, -0.15) is 5.26 Å². The van der Waals surface area contributed by atoms with Crippen LogP contribution in [0.4, 0.5) is 0 Å². The quantitative estimate of drug-likeness (QED) is 0.488. The minimum absolute atomic E-state index is 0.345. The molecule has 0 aliphatic heterocycles. The molecule has 5 heteroatoms. The highest BCUT2D eigenvalue weighted by Crippen LogP contribution is 2.36. The van der Waals surface area contributed by atoms with Crippen molar-refractivity contribution in [2.75, 3.05) is 7.11 Å². The molecule has 0 saturated carbocycles. The average Bonchev–Trinajstić information content (AvgIpc) is 2.50. The van der Waals surface area contributed by atoms with Gasteiger partial charge in [-0.1, -0.05) is 13.8 Å². The third-order valence-corrected chi connectivity index (χ3v) is 4.77. The number of hydrogen-bond donors (Lipinski definition) is 0. The number of ether oxygens (including phenoxy) is 2. The number of benzene rings is 2. The van der Waals surface area contributed by atoms with E-state index < -0.39 is 0 Å². The number of rotatable bonds is 4. The molecule has 0 spiro atoms. The van der Waals surface area contributed by atoms with Crippen LogP contribution in [0.3, 0.4) is 0 Å². The van der Waals surface area contributed by atoms with Crippen molar-refractivity contribution in [2.45, 2.75) is 19.8 Å². The zero-order chi connectivity index (χ0) is 16.3. The minimum atomic E-state index is 0.345. The Balaban J connectivity index is 2.40. The molecule has 0 aromatic heterocycles. The molecule has 0 N–H and O–H groups in total. The van der Waals surface area contributed by atoms with E-state index in [9.17, 15) is 0 Å². The third-order valence-electron chi connectivity index (χ3n) is 3.17.